The highest BCUT2D eigenvalue weighted by atomic mass is 35.5. The molecule has 0 aliphatic carbocycles. The third-order valence-electron chi connectivity index (χ3n) is 4.89. The number of carboxylic acids is 2. The Labute approximate surface area is 212 Å². The number of carbonyl (C=O) groups is 4. The van der Waals surface area contributed by atoms with Gasteiger partial charge in [-0.15, -0.1) is 0 Å². The maximum atomic E-state index is 13.0. The Morgan fingerprint density at radius 1 is 0.971 bits per heavy atom. The van der Waals surface area contributed by atoms with Gasteiger partial charge in [-0.3, -0.25) is 14.5 Å². The van der Waals surface area contributed by atoms with E-state index in [9.17, 15) is 19.2 Å². The average Bonchev–Trinajstić information content (AvgIpc) is 2.83. The Balaban J connectivity index is 0.000000466. The summed E-state index contributed by atoms with van der Waals surface area (Å²) in [6, 6.07) is 11.7. The number of morpholine rings is 1. The number of nitrogens with zero attached hydrogens (tertiary/aromatic N) is 2. The summed E-state index contributed by atoms with van der Waals surface area (Å²) < 4.78 is 5.31. The molecular formula is C24H24Cl2N2O7. The van der Waals surface area contributed by atoms with Crippen LogP contribution in [0.1, 0.15) is 15.9 Å². The molecule has 9 nitrogen and oxygen atoms in total. The van der Waals surface area contributed by atoms with Crippen molar-refractivity contribution in [2.45, 2.75) is 0 Å². The van der Waals surface area contributed by atoms with E-state index in [-0.39, 0.29) is 18.2 Å². The van der Waals surface area contributed by atoms with Gasteiger partial charge < -0.3 is 19.8 Å². The molecule has 1 aliphatic rings. The van der Waals surface area contributed by atoms with Crippen molar-refractivity contribution in [2.24, 2.45) is 0 Å². The highest BCUT2D eigenvalue weighted by Crippen LogP contribution is 2.28. The van der Waals surface area contributed by atoms with Crippen molar-refractivity contribution in [1.29, 1.82) is 0 Å². The third kappa shape index (κ3) is 8.80. The standard InChI is InChI=1S/C20H20Cl2N2O3.C4H4O4/c1-23(19(25)13-24-8-10-27-11-9-24)18-7-6-14(21)12-16(18)20(26)15-4-2-3-5-17(15)22;5-3(6)1-2-4(7)8/h2-7,12H,8-11,13H2,1H3;1-2H,(H,5,6)(H,7,8). The first-order chi connectivity index (χ1) is 16.6. The summed E-state index contributed by atoms with van der Waals surface area (Å²) in [5.41, 5.74) is 1.22. The van der Waals surface area contributed by atoms with Crippen molar-refractivity contribution < 1.29 is 34.1 Å². The van der Waals surface area contributed by atoms with Gasteiger partial charge in [-0.2, -0.15) is 0 Å². The first-order valence-electron chi connectivity index (χ1n) is 10.4. The summed E-state index contributed by atoms with van der Waals surface area (Å²) in [6.07, 6.45) is 1.12. The summed E-state index contributed by atoms with van der Waals surface area (Å²) in [6.45, 7) is 2.93. The molecule has 0 spiro atoms. The largest absolute Gasteiger partial charge is 0.478 e. The topological polar surface area (TPSA) is 124 Å². The second-order valence-electron chi connectivity index (χ2n) is 7.32. The van der Waals surface area contributed by atoms with Gasteiger partial charge in [-0.25, -0.2) is 9.59 Å². The van der Waals surface area contributed by atoms with Gasteiger partial charge in [-0.05, 0) is 30.3 Å². The zero-order chi connectivity index (χ0) is 26.0. The molecule has 2 aromatic rings. The molecule has 0 aromatic heterocycles. The van der Waals surface area contributed by atoms with E-state index < -0.39 is 11.9 Å². The van der Waals surface area contributed by atoms with Crippen molar-refractivity contribution in [3.63, 3.8) is 0 Å². The van der Waals surface area contributed by atoms with Crippen LogP contribution in [0.4, 0.5) is 5.69 Å². The lowest BCUT2D eigenvalue weighted by Gasteiger charge is -2.28. The summed E-state index contributed by atoms with van der Waals surface area (Å²) >= 11 is 12.3. The molecule has 2 N–H and O–H groups in total. The number of aliphatic carboxylic acids is 2. The van der Waals surface area contributed by atoms with E-state index in [0.717, 1.165) is 0 Å². The van der Waals surface area contributed by atoms with E-state index in [2.05, 4.69) is 0 Å². The fraction of sp³-hybridized carbons (Fsp3) is 0.250. The van der Waals surface area contributed by atoms with Crippen LogP contribution in [0.3, 0.4) is 0 Å². The molecule has 1 saturated heterocycles. The van der Waals surface area contributed by atoms with Crippen LogP contribution in [-0.4, -0.2) is 78.6 Å². The van der Waals surface area contributed by atoms with E-state index in [0.29, 0.717) is 65.3 Å². The lowest BCUT2D eigenvalue weighted by Crippen LogP contribution is -2.44. The van der Waals surface area contributed by atoms with Gasteiger partial charge in [0, 0.05) is 48.4 Å². The lowest BCUT2D eigenvalue weighted by atomic mass is 10.0. The highest BCUT2D eigenvalue weighted by Gasteiger charge is 2.23. The maximum Gasteiger partial charge on any atom is 0.328 e. The monoisotopic (exact) mass is 522 g/mol. The quantitative estimate of drug-likeness (QED) is 0.419. The molecule has 0 saturated carbocycles. The van der Waals surface area contributed by atoms with E-state index in [1.807, 2.05) is 4.90 Å². The van der Waals surface area contributed by atoms with Crippen molar-refractivity contribution in [2.75, 3.05) is 44.8 Å². The highest BCUT2D eigenvalue weighted by molar-refractivity contribution is 6.36. The lowest BCUT2D eigenvalue weighted by molar-refractivity contribution is -0.134. The second-order valence-corrected chi connectivity index (χ2v) is 8.17. The number of ether oxygens (including phenoxy) is 1. The molecule has 11 heteroatoms. The number of anilines is 1. The molecule has 1 aliphatic heterocycles. The molecule has 0 atom stereocenters. The van der Waals surface area contributed by atoms with E-state index in [1.54, 1.807) is 49.5 Å². The number of hydrogen-bond acceptors (Lipinski definition) is 6. The second kappa shape index (κ2) is 13.6. The van der Waals surface area contributed by atoms with Gasteiger partial charge in [0.05, 0.1) is 30.5 Å². The van der Waals surface area contributed by atoms with Crippen molar-refractivity contribution in [3.8, 4) is 0 Å². The average molecular weight is 523 g/mol. The molecule has 1 fully saturated rings. The fourth-order valence-electron chi connectivity index (χ4n) is 3.11. The van der Waals surface area contributed by atoms with Crippen molar-refractivity contribution in [3.05, 3.63) is 75.8 Å². The predicted molar refractivity (Wildman–Crippen MR) is 131 cm³/mol. The number of likely N-dealkylation sites (N-methyl/N-ethyl adjacent to an activating group) is 1. The minimum Gasteiger partial charge on any atom is -0.478 e. The van der Waals surface area contributed by atoms with Gasteiger partial charge in [0.2, 0.25) is 5.91 Å². The molecule has 0 unspecified atom stereocenters. The van der Waals surface area contributed by atoms with Crippen LogP contribution in [0.5, 0.6) is 0 Å². The van der Waals surface area contributed by atoms with Crippen LogP contribution in [-0.2, 0) is 19.1 Å². The molecular weight excluding hydrogens is 499 g/mol. The number of benzene rings is 2. The Kier molecular flexibility index (Phi) is 10.9. The Morgan fingerprint density at radius 2 is 1.57 bits per heavy atom. The predicted octanol–water partition coefficient (Wildman–Crippen LogP) is 3.23. The Bertz CT molecular complexity index is 1100. The Hall–Kier alpha value is -3.24. The summed E-state index contributed by atoms with van der Waals surface area (Å²) in [4.78, 5) is 48.4. The van der Waals surface area contributed by atoms with Crippen LogP contribution in [0.2, 0.25) is 10.0 Å². The zero-order valence-electron chi connectivity index (χ0n) is 18.8. The number of rotatable bonds is 7. The first-order valence-corrected chi connectivity index (χ1v) is 11.1. The van der Waals surface area contributed by atoms with Crippen LogP contribution >= 0.6 is 23.2 Å². The van der Waals surface area contributed by atoms with Gasteiger partial charge >= 0.3 is 11.9 Å². The van der Waals surface area contributed by atoms with Gasteiger partial charge in [-0.1, -0.05) is 35.3 Å². The van der Waals surface area contributed by atoms with Crippen LogP contribution in [0.15, 0.2) is 54.6 Å². The SMILES string of the molecule is CN(C(=O)CN1CCOCC1)c1ccc(Cl)cc1C(=O)c1ccccc1Cl.O=C(O)C=CC(=O)O. The third-order valence-corrected chi connectivity index (χ3v) is 5.45. The van der Waals surface area contributed by atoms with Crippen LogP contribution in [0.25, 0.3) is 0 Å². The number of carbonyl (C=O) groups excluding carboxylic acids is 2. The normalized spacial score (nSPS) is 13.6. The molecule has 1 amide bonds. The molecule has 3 rings (SSSR count). The summed E-state index contributed by atoms with van der Waals surface area (Å²) in [5.74, 6) is -2.89. The molecule has 186 valence electrons. The Morgan fingerprint density at radius 3 is 2.14 bits per heavy atom. The number of halogens is 2. The molecule has 0 bridgehead atoms. The van der Waals surface area contributed by atoms with Crippen molar-refractivity contribution >= 4 is 52.5 Å². The van der Waals surface area contributed by atoms with E-state index in [4.69, 9.17) is 38.2 Å². The number of ketones is 1. The van der Waals surface area contributed by atoms with Crippen LogP contribution < -0.4 is 4.90 Å². The smallest absolute Gasteiger partial charge is 0.328 e. The van der Waals surface area contributed by atoms with E-state index in [1.165, 1.54) is 4.90 Å². The first kappa shape index (κ1) is 28.0. The minimum atomic E-state index is -1.26. The summed E-state index contributed by atoms with van der Waals surface area (Å²) in [7, 11) is 1.66. The summed E-state index contributed by atoms with van der Waals surface area (Å²) in [5, 5.41) is 16.4. The van der Waals surface area contributed by atoms with Gasteiger partial charge in [0.15, 0.2) is 5.78 Å². The zero-order valence-corrected chi connectivity index (χ0v) is 20.3. The minimum absolute atomic E-state index is 0.104. The maximum absolute atomic E-state index is 13.0. The number of hydrogen-bond donors (Lipinski definition) is 2. The molecule has 1 heterocycles. The molecule has 2 aromatic carbocycles. The van der Waals surface area contributed by atoms with Gasteiger partial charge in [0.1, 0.15) is 0 Å². The van der Waals surface area contributed by atoms with Gasteiger partial charge in [0.25, 0.3) is 0 Å². The fourth-order valence-corrected chi connectivity index (χ4v) is 3.50. The molecule has 35 heavy (non-hydrogen) atoms. The van der Waals surface area contributed by atoms with Crippen molar-refractivity contribution in [1.82, 2.24) is 4.90 Å². The van der Waals surface area contributed by atoms with Crippen LogP contribution in [0, 0.1) is 0 Å². The van der Waals surface area contributed by atoms with E-state index >= 15 is 0 Å². The number of amides is 1. The number of carboxylic acid groups (broad SMARTS) is 2. The molecule has 0 radical (unpaired) electrons.